The number of carbonyl (C=O) groups excluding carboxylic acids is 3. The van der Waals surface area contributed by atoms with Crippen molar-refractivity contribution in [1.82, 2.24) is 0 Å². The van der Waals surface area contributed by atoms with Crippen LogP contribution in [0.2, 0.25) is 10.0 Å². The summed E-state index contributed by atoms with van der Waals surface area (Å²) in [5, 5.41) is 6.25. The fraction of sp³-hybridized carbons (Fsp3) is 0.250. The monoisotopic (exact) mass is 687 g/mol. The Labute approximate surface area is 266 Å². The van der Waals surface area contributed by atoms with E-state index in [1.165, 1.54) is 18.2 Å². The van der Waals surface area contributed by atoms with Gasteiger partial charge >= 0.3 is 6.18 Å². The third kappa shape index (κ3) is 7.01. The van der Waals surface area contributed by atoms with Gasteiger partial charge < -0.3 is 16.0 Å². The summed E-state index contributed by atoms with van der Waals surface area (Å²) in [6.07, 6.45) is -4.29. The van der Waals surface area contributed by atoms with Crippen LogP contribution in [0.1, 0.15) is 51.4 Å². The number of hydrogen-bond donors (Lipinski definition) is 3. The molecule has 3 N–H and O–H groups in total. The maximum atomic E-state index is 15.0. The molecule has 15 heteroatoms. The van der Waals surface area contributed by atoms with Gasteiger partial charge in [-0.1, -0.05) is 36.2 Å². The van der Waals surface area contributed by atoms with Gasteiger partial charge in [0.1, 0.15) is 15.8 Å². The Morgan fingerprint density at radius 1 is 0.930 bits per heavy atom. The Morgan fingerprint density at radius 3 is 2.26 bits per heavy atom. The van der Waals surface area contributed by atoms with Gasteiger partial charge in [-0.15, -0.1) is 23.2 Å². The molecule has 3 aromatic carbocycles. The molecule has 0 aromatic heterocycles. The standard InChI is InChI=1S/C28H20Cl4F5N3O3.3H2/c1-2-3-20(41)40-24-18(33)8-9-19(23(24)34)39-25(42)14-11-13(5-7-16(14)29)38-26(43)22-21(27(22,31)32)12-4-6-17(30)15(10-12)28(35,36)37;;;/h4-11,21-22H,2-3H2,1H3,(H,38,43)(H,39,42)(H,40,41);3*1H/t21-,22+;;;/m0.../s1. The van der Waals surface area contributed by atoms with E-state index in [0.717, 1.165) is 30.3 Å². The number of benzene rings is 3. The summed E-state index contributed by atoms with van der Waals surface area (Å²) in [5.74, 6) is -6.77. The molecular weight excluding hydrogens is 663 g/mol. The van der Waals surface area contributed by atoms with E-state index >= 15 is 0 Å². The Morgan fingerprint density at radius 2 is 1.60 bits per heavy atom. The molecule has 3 aromatic rings. The van der Waals surface area contributed by atoms with E-state index in [1.54, 1.807) is 6.92 Å². The number of amides is 3. The third-order valence-corrected chi connectivity index (χ3v) is 8.15. The van der Waals surface area contributed by atoms with Gasteiger partial charge in [-0.2, -0.15) is 13.2 Å². The zero-order chi connectivity index (χ0) is 31.9. The molecule has 0 unspecified atom stereocenters. The van der Waals surface area contributed by atoms with Gasteiger partial charge in [0.05, 0.1) is 32.8 Å². The molecule has 0 saturated heterocycles. The van der Waals surface area contributed by atoms with Gasteiger partial charge in [0.2, 0.25) is 11.8 Å². The lowest BCUT2D eigenvalue weighted by molar-refractivity contribution is -0.137. The molecule has 1 saturated carbocycles. The highest BCUT2D eigenvalue weighted by Crippen LogP contribution is 2.65. The van der Waals surface area contributed by atoms with Gasteiger partial charge in [-0.3, -0.25) is 14.4 Å². The molecule has 1 aliphatic rings. The molecular formula is C28H26Cl4F5N3O3. The van der Waals surface area contributed by atoms with E-state index in [0.29, 0.717) is 6.42 Å². The molecule has 234 valence electrons. The van der Waals surface area contributed by atoms with Crippen LogP contribution in [0.25, 0.3) is 0 Å². The largest absolute Gasteiger partial charge is 0.417 e. The van der Waals surface area contributed by atoms with E-state index < -0.39 is 73.7 Å². The number of nitrogens with one attached hydrogen (secondary N) is 3. The maximum Gasteiger partial charge on any atom is 0.417 e. The molecule has 0 heterocycles. The van der Waals surface area contributed by atoms with E-state index in [9.17, 15) is 36.3 Å². The second-order valence-electron chi connectivity index (χ2n) is 9.59. The van der Waals surface area contributed by atoms with Crippen molar-refractivity contribution in [3.05, 3.63) is 86.9 Å². The van der Waals surface area contributed by atoms with Crippen LogP contribution in [-0.4, -0.2) is 22.1 Å². The second kappa shape index (κ2) is 12.5. The molecule has 0 bridgehead atoms. The predicted molar refractivity (Wildman–Crippen MR) is 161 cm³/mol. The van der Waals surface area contributed by atoms with Gasteiger partial charge in [0.25, 0.3) is 5.91 Å². The van der Waals surface area contributed by atoms with Gasteiger partial charge in [-0.25, -0.2) is 8.78 Å². The van der Waals surface area contributed by atoms with Gasteiger partial charge in [0, 0.05) is 22.3 Å². The van der Waals surface area contributed by atoms with Crippen molar-refractivity contribution >= 4 is 81.2 Å². The number of halogens is 9. The number of alkyl halides is 5. The lowest BCUT2D eigenvalue weighted by Crippen LogP contribution is -2.19. The SMILES string of the molecule is CCCC(=O)Nc1c(F)ccc(NC(=O)c2cc(NC(=O)[C@H]3[C@H](c4ccc(Cl)c(C(F)(F)F)c4)C3(Cl)Cl)ccc2Cl)c1F.[HH].[HH].[HH]. The normalized spacial score (nSPS) is 17.3. The summed E-state index contributed by atoms with van der Waals surface area (Å²) < 4.78 is 67.4. The Bertz CT molecular complexity index is 1630. The highest BCUT2D eigenvalue weighted by molar-refractivity contribution is 6.53. The van der Waals surface area contributed by atoms with Crippen LogP contribution in [0.4, 0.5) is 39.0 Å². The van der Waals surface area contributed by atoms with Crippen LogP contribution < -0.4 is 16.0 Å². The van der Waals surface area contributed by atoms with Crippen LogP contribution in [0.5, 0.6) is 0 Å². The van der Waals surface area contributed by atoms with Crippen molar-refractivity contribution in [1.29, 1.82) is 0 Å². The predicted octanol–water partition coefficient (Wildman–Crippen LogP) is 9.55. The van der Waals surface area contributed by atoms with Crippen molar-refractivity contribution in [2.75, 3.05) is 16.0 Å². The molecule has 1 aliphatic carbocycles. The van der Waals surface area contributed by atoms with Gasteiger partial charge in [-0.05, 0) is 54.4 Å². The second-order valence-corrected chi connectivity index (χ2v) is 11.8. The summed E-state index contributed by atoms with van der Waals surface area (Å²) in [7, 11) is 0. The fourth-order valence-electron chi connectivity index (χ4n) is 4.40. The Balaban J connectivity index is 0.00000353. The van der Waals surface area contributed by atoms with E-state index in [2.05, 4.69) is 16.0 Å². The lowest BCUT2D eigenvalue weighted by atomic mass is 10.0. The average Bonchev–Trinajstić information content (AvgIpc) is 3.50. The van der Waals surface area contributed by atoms with Crippen molar-refractivity contribution in [3.63, 3.8) is 0 Å². The molecule has 0 radical (unpaired) electrons. The quantitative estimate of drug-likeness (QED) is 0.163. The summed E-state index contributed by atoms with van der Waals surface area (Å²) in [4.78, 5) is 37.9. The first-order valence-electron chi connectivity index (χ1n) is 12.5. The van der Waals surface area contributed by atoms with Crippen LogP contribution >= 0.6 is 46.4 Å². The fourth-order valence-corrected chi connectivity index (χ4v) is 5.66. The Hall–Kier alpha value is -3.12. The molecule has 3 amide bonds. The number of rotatable bonds is 8. The molecule has 1 fully saturated rings. The topological polar surface area (TPSA) is 87.3 Å². The first-order chi connectivity index (χ1) is 20.1. The minimum Gasteiger partial charge on any atom is -0.326 e. The third-order valence-electron chi connectivity index (χ3n) is 6.55. The van der Waals surface area contributed by atoms with Gasteiger partial charge in [0.15, 0.2) is 5.82 Å². The summed E-state index contributed by atoms with van der Waals surface area (Å²) in [6.45, 7) is 1.71. The minimum atomic E-state index is -4.75. The van der Waals surface area contributed by atoms with Crippen molar-refractivity contribution in [2.45, 2.75) is 36.2 Å². The summed E-state index contributed by atoms with van der Waals surface area (Å²) in [6, 6.07) is 8.66. The number of hydrogen-bond acceptors (Lipinski definition) is 3. The molecule has 6 nitrogen and oxygen atoms in total. The highest BCUT2D eigenvalue weighted by Gasteiger charge is 2.67. The molecule has 0 spiro atoms. The molecule has 2 atom stereocenters. The van der Waals surface area contributed by atoms with Crippen LogP contribution in [0.3, 0.4) is 0 Å². The highest BCUT2D eigenvalue weighted by atomic mass is 35.5. The van der Waals surface area contributed by atoms with Crippen molar-refractivity contribution in [3.8, 4) is 0 Å². The first kappa shape index (κ1) is 32.8. The molecule has 0 aliphatic heterocycles. The van der Waals surface area contributed by atoms with Crippen molar-refractivity contribution in [2.24, 2.45) is 5.92 Å². The van der Waals surface area contributed by atoms with Crippen LogP contribution in [0.15, 0.2) is 48.5 Å². The maximum absolute atomic E-state index is 15.0. The van der Waals surface area contributed by atoms with E-state index in [4.69, 9.17) is 46.4 Å². The Kier molecular flexibility index (Phi) is 9.51. The number of carbonyl (C=O) groups is 3. The summed E-state index contributed by atoms with van der Waals surface area (Å²) in [5.41, 5.74) is -2.44. The zero-order valence-corrected chi connectivity index (χ0v) is 24.8. The van der Waals surface area contributed by atoms with E-state index in [-0.39, 0.29) is 32.5 Å². The molecule has 4 rings (SSSR count). The zero-order valence-electron chi connectivity index (χ0n) is 21.8. The lowest BCUT2D eigenvalue weighted by Gasteiger charge is -2.13. The summed E-state index contributed by atoms with van der Waals surface area (Å²) >= 11 is 24.4. The first-order valence-corrected chi connectivity index (χ1v) is 14.0. The average molecular weight is 689 g/mol. The van der Waals surface area contributed by atoms with Crippen LogP contribution in [0, 0.1) is 17.6 Å². The molecule has 43 heavy (non-hydrogen) atoms. The van der Waals surface area contributed by atoms with Crippen LogP contribution in [-0.2, 0) is 15.8 Å². The number of anilines is 3. The smallest absolute Gasteiger partial charge is 0.326 e. The minimum absolute atomic E-state index is 0. The van der Waals surface area contributed by atoms with Crippen molar-refractivity contribution < 1.29 is 40.6 Å². The van der Waals surface area contributed by atoms with E-state index in [1.807, 2.05) is 0 Å².